The maximum atomic E-state index is 13.6. The number of carbonyl (C=O) groups excluding carboxylic acids is 1. The lowest BCUT2D eigenvalue weighted by molar-refractivity contribution is 0.0932. The first-order valence-corrected chi connectivity index (χ1v) is 13.3. The third kappa shape index (κ3) is 4.58. The van der Waals surface area contributed by atoms with Gasteiger partial charge in [0.05, 0.1) is 30.0 Å². The third-order valence-corrected chi connectivity index (χ3v) is 8.22. The molecule has 1 aliphatic heterocycles. The van der Waals surface area contributed by atoms with E-state index in [1.54, 1.807) is 6.20 Å². The highest BCUT2D eigenvalue weighted by atomic mass is 16.5. The lowest BCUT2D eigenvalue weighted by Gasteiger charge is -2.27. The second-order valence-electron chi connectivity index (χ2n) is 10.6. The molecule has 0 radical (unpaired) electrons. The summed E-state index contributed by atoms with van der Waals surface area (Å²) in [5.74, 6) is 2.42. The Bertz CT molecular complexity index is 1230. The van der Waals surface area contributed by atoms with Crippen LogP contribution in [0.1, 0.15) is 43.0 Å². The van der Waals surface area contributed by atoms with Gasteiger partial charge < -0.3 is 15.2 Å². The molecule has 3 unspecified atom stereocenters. The van der Waals surface area contributed by atoms with Crippen molar-refractivity contribution in [2.45, 2.75) is 44.7 Å². The van der Waals surface area contributed by atoms with Crippen molar-refractivity contribution in [2.24, 2.45) is 17.8 Å². The number of nitrogens with zero attached hydrogens (tertiary/aromatic N) is 3. The van der Waals surface area contributed by atoms with E-state index >= 15 is 0 Å². The zero-order valence-corrected chi connectivity index (χ0v) is 20.8. The van der Waals surface area contributed by atoms with E-state index in [2.05, 4.69) is 15.2 Å². The van der Waals surface area contributed by atoms with Gasteiger partial charge in [-0.05, 0) is 68.6 Å². The van der Waals surface area contributed by atoms with Gasteiger partial charge in [-0.3, -0.25) is 9.69 Å². The minimum absolute atomic E-state index is 0.0400. The van der Waals surface area contributed by atoms with Gasteiger partial charge >= 0.3 is 0 Å². The zero-order chi connectivity index (χ0) is 24.6. The minimum atomic E-state index is -0.0400. The summed E-state index contributed by atoms with van der Waals surface area (Å²) >= 11 is 0. The molecular weight excluding hydrogens is 452 g/mol. The van der Waals surface area contributed by atoms with E-state index in [1.165, 1.54) is 12.8 Å². The fourth-order valence-electron chi connectivity index (χ4n) is 6.31. The van der Waals surface area contributed by atoms with Crippen LogP contribution < -0.4 is 10.1 Å². The van der Waals surface area contributed by atoms with Crippen molar-refractivity contribution < 1.29 is 14.6 Å². The number of rotatable bonds is 8. The van der Waals surface area contributed by atoms with E-state index in [0.717, 1.165) is 48.1 Å². The number of aliphatic hydroxyl groups excluding tert-OH is 1. The number of fused-ring (bicyclic) bond motifs is 2. The summed E-state index contributed by atoms with van der Waals surface area (Å²) in [5, 5.41) is 14.1. The molecule has 2 aliphatic carbocycles. The number of aromatic nitrogens is 2. The van der Waals surface area contributed by atoms with E-state index in [9.17, 15) is 9.90 Å². The van der Waals surface area contributed by atoms with E-state index in [0.29, 0.717) is 41.8 Å². The van der Waals surface area contributed by atoms with Crippen molar-refractivity contribution in [2.75, 3.05) is 26.3 Å². The number of amides is 1. The van der Waals surface area contributed by atoms with Gasteiger partial charge in [-0.25, -0.2) is 9.97 Å². The molecule has 3 aliphatic rings. The minimum Gasteiger partial charge on any atom is -0.478 e. The number of benzene rings is 1. The predicted molar refractivity (Wildman–Crippen MR) is 139 cm³/mol. The van der Waals surface area contributed by atoms with Crippen LogP contribution in [0.3, 0.4) is 0 Å². The van der Waals surface area contributed by atoms with Crippen LogP contribution in [0.25, 0.3) is 22.2 Å². The first kappa shape index (κ1) is 23.4. The number of hydrogen-bond donors (Lipinski definition) is 2. The van der Waals surface area contributed by atoms with Gasteiger partial charge in [0, 0.05) is 48.4 Å². The van der Waals surface area contributed by atoms with Crippen LogP contribution in [-0.2, 0) is 0 Å². The van der Waals surface area contributed by atoms with Gasteiger partial charge in [0.1, 0.15) is 0 Å². The Morgan fingerprint density at radius 1 is 1.17 bits per heavy atom. The number of ether oxygens (including phenoxy) is 1. The molecule has 2 aromatic heterocycles. The number of nitrogens with one attached hydrogen (secondary N) is 1. The maximum absolute atomic E-state index is 13.6. The number of carbonyl (C=O) groups is 1. The molecule has 6 rings (SSSR count). The van der Waals surface area contributed by atoms with Gasteiger partial charge in [-0.15, -0.1) is 0 Å². The van der Waals surface area contributed by atoms with Crippen molar-refractivity contribution >= 4 is 16.8 Å². The normalized spacial score (nSPS) is 24.6. The number of likely N-dealkylation sites (tertiary alicyclic amines) is 1. The van der Waals surface area contributed by atoms with Crippen LogP contribution in [0.5, 0.6) is 5.88 Å². The highest BCUT2D eigenvalue weighted by molar-refractivity contribution is 6.07. The van der Waals surface area contributed by atoms with Gasteiger partial charge in [-0.1, -0.05) is 18.2 Å². The third-order valence-electron chi connectivity index (χ3n) is 8.22. The SMILES string of the molecule is CCOc1ccc(-c2cc(C(=O)NC3CC4CN(C(CO)C5CC5)C[C@H]4C3)c3ccccc3n2)cn1. The van der Waals surface area contributed by atoms with Gasteiger partial charge in [0.15, 0.2) is 0 Å². The molecule has 2 saturated carbocycles. The standard InChI is InChI=1S/C29H34N4O3/c1-2-36-28-10-9-19(14-30-28)26-13-24(23-5-3-4-6-25(23)32-26)29(35)31-22-11-20-15-33(16-21(20)12-22)27(17-34)18-7-8-18/h3-6,9-10,13-14,18,20-22,27,34H,2,7-8,11-12,15-17H2,1H3,(H,31,35)/t20-,21?,22?,27?/m1/s1. The molecule has 0 bridgehead atoms. The van der Waals surface area contributed by atoms with E-state index in [4.69, 9.17) is 9.72 Å². The van der Waals surface area contributed by atoms with Crippen LogP contribution in [-0.4, -0.2) is 64.3 Å². The Balaban J connectivity index is 1.18. The fourth-order valence-corrected chi connectivity index (χ4v) is 6.31. The molecule has 1 amide bonds. The predicted octanol–water partition coefficient (Wildman–Crippen LogP) is 3.91. The molecule has 3 aromatic rings. The topological polar surface area (TPSA) is 87.6 Å². The number of pyridine rings is 2. The quantitative estimate of drug-likeness (QED) is 0.502. The van der Waals surface area contributed by atoms with Crippen LogP contribution >= 0.6 is 0 Å². The Morgan fingerprint density at radius 2 is 1.94 bits per heavy atom. The maximum Gasteiger partial charge on any atom is 0.252 e. The second-order valence-corrected chi connectivity index (χ2v) is 10.6. The lowest BCUT2D eigenvalue weighted by atomic mass is 10.0. The second kappa shape index (κ2) is 9.79. The smallest absolute Gasteiger partial charge is 0.252 e. The summed E-state index contributed by atoms with van der Waals surface area (Å²) in [6.07, 6.45) is 6.27. The van der Waals surface area contributed by atoms with Crippen molar-refractivity contribution in [3.05, 3.63) is 54.2 Å². The molecule has 3 heterocycles. The van der Waals surface area contributed by atoms with Gasteiger partial charge in [0.25, 0.3) is 5.91 Å². The Hall–Kier alpha value is -3.03. The summed E-state index contributed by atoms with van der Waals surface area (Å²) in [6.45, 7) is 4.86. The number of aliphatic hydroxyl groups is 1. The number of para-hydroxylation sites is 1. The van der Waals surface area contributed by atoms with E-state index < -0.39 is 0 Å². The average molecular weight is 487 g/mol. The van der Waals surface area contributed by atoms with Gasteiger partial charge in [0.2, 0.25) is 5.88 Å². The van der Waals surface area contributed by atoms with E-state index in [1.807, 2.05) is 49.4 Å². The fraction of sp³-hybridized carbons (Fsp3) is 0.483. The molecule has 188 valence electrons. The molecule has 4 atom stereocenters. The first-order chi connectivity index (χ1) is 17.6. The average Bonchev–Trinajstić information content (AvgIpc) is 3.55. The Morgan fingerprint density at radius 3 is 2.61 bits per heavy atom. The van der Waals surface area contributed by atoms with Crippen molar-refractivity contribution in [1.29, 1.82) is 0 Å². The summed E-state index contributed by atoms with van der Waals surface area (Å²) in [7, 11) is 0. The summed E-state index contributed by atoms with van der Waals surface area (Å²) in [4.78, 5) is 25.2. The Labute approximate surface area is 211 Å². The lowest BCUT2D eigenvalue weighted by Crippen LogP contribution is -2.40. The molecule has 2 N–H and O–H groups in total. The molecule has 1 saturated heterocycles. The van der Waals surface area contributed by atoms with Crippen molar-refractivity contribution in [3.8, 4) is 17.1 Å². The van der Waals surface area contributed by atoms with Crippen LogP contribution in [0.15, 0.2) is 48.7 Å². The van der Waals surface area contributed by atoms with Crippen LogP contribution in [0.2, 0.25) is 0 Å². The molecule has 0 spiro atoms. The molecule has 36 heavy (non-hydrogen) atoms. The molecular formula is C29H34N4O3. The molecule has 1 aromatic carbocycles. The number of hydrogen-bond acceptors (Lipinski definition) is 6. The molecule has 7 heteroatoms. The largest absolute Gasteiger partial charge is 0.478 e. The zero-order valence-electron chi connectivity index (χ0n) is 20.8. The summed E-state index contributed by atoms with van der Waals surface area (Å²) < 4.78 is 5.46. The molecule has 7 nitrogen and oxygen atoms in total. The monoisotopic (exact) mass is 486 g/mol. The van der Waals surface area contributed by atoms with Crippen molar-refractivity contribution in [1.82, 2.24) is 20.2 Å². The van der Waals surface area contributed by atoms with Crippen molar-refractivity contribution in [3.63, 3.8) is 0 Å². The van der Waals surface area contributed by atoms with Gasteiger partial charge in [-0.2, -0.15) is 0 Å². The van der Waals surface area contributed by atoms with E-state index in [-0.39, 0.29) is 18.6 Å². The summed E-state index contributed by atoms with van der Waals surface area (Å²) in [5.41, 5.74) is 3.02. The molecule has 3 fully saturated rings. The summed E-state index contributed by atoms with van der Waals surface area (Å²) in [6, 6.07) is 14.0. The highest BCUT2D eigenvalue weighted by Crippen LogP contribution is 2.43. The first-order valence-electron chi connectivity index (χ1n) is 13.3. The Kier molecular flexibility index (Phi) is 6.36. The highest BCUT2D eigenvalue weighted by Gasteiger charge is 2.45. The van der Waals surface area contributed by atoms with Crippen LogP contribution in [0, 0.1) is 17.8 Å². The van der Waals surface area contributed by atoms with Crippen LogP contribution in [0.4, 0.5) is 0 Å².